The molecule has 0 radical (unpaired) electrons. The van der Waals surface area contributed by atoms with Crippen molar-refractivity contribution < 1.29 is 9.53 Å². The van der Waals surface area contributed by atoms with Crippen molar-refractivity contribution in [3.05, 3.63) is 70.8 Å². The molecule has 3 rings (SSSR count). The van der Waals surface area contributed by atoms with Crippen molar-refractivity contribution >= 4 is 5.91 Å². The molecular formula is C22H28N2O2. The number of carbonyl (C=O) groups excluding carboxylic acids is 1. The molecule has 2 aromatic carbocycles. The lowest BCUT2D eigenvalue weighted by Gasteiger charge is -2.33. The molecule has 0 aliphatic carbocycles. The number of hydrogen-bond donors (Lipinski definition) is 1. The van der Waals surface area contributed by atoms with Gasteiger partial charge in [-0.05, 0) is 36.1 Å². The fourth-order valence-corrected chi connectivity index (χ4v) is 3.28. The number of rotatable bonds is 6. The normalized spacial score (nSPS) is 17.8. The van der Waals surface area contributed by atoms with Crippen LogP contribution in [0.5, 0.6) is 0 Å². The third-order valence-electron chi connectivity index (χ3n) is 4.93. The van der Waals surface area contributed by atoms with Crippen molar-refractivity contribution in [3.63, 3.8) is 0 Å². The highest BCUT2D eigenvalue weighted by molar-refractivity contribution is 5.78. The topological polar surface area (TPSA) is 41.6 Å². The number of carbonyl (C=O) groups is 1. The van der Waals surface area contributed by atoms with Gasteiger partial charge in [-0.25, -0.2) is 0 Å². The lowest BCUT2D eigenvalue weighted by molar-refractivity contribution is -0.121. The smallest absolute Gasteiger partial charge is 0.224 e. The third-order valence-corrected chi connectivity index (χ3v) is 4.93. The van der Waals surface area contributed by atoms with Crippen LogP contribution in [0.1, 0.15) is 22.3 Å². The quantitative estimate of drug-likeness (QED) is 0.869. The van der Waals surface area contributed by atoms with Gasteiger partial charge in [-0.15, -0.1) is 0 Å². The molecular weight excluding hydrogens is 324 g/mol. The van der Waals surface area contributed by atoms with Gasteiger partial charge in [-0.3, -0.25) is 9.69 Å². The predicted octanol–water partition coefficient (Wildman–Crippen LogP) is 2.86. The number of nitrogens with one attached hydrogen (secondary N) is 1. The van der Waals surface area contributed by atoms with E-state index in [0.29, 0.717) is 19.6 Å². The van der Waals surface area contributed by atoms with Crippen LogP contribution in [0.25, 0.3) is 0 Å². The minimum atomic E-state index is 0.0520. The maximum absolute atomic E-state index is 12.2. The maximum Gasteiger partial charge on any atom is 0.224 e. The number of morpholine rings is 1. The highest BCUT2D eigenvalue weighted by Crippen LogP contribution is 2.12. The van der Waals surface area contributed by atoms with E-state index in [1.165, 1.54) is 16.7 Å². The summed E-state index contributed by atoms with van der Waals surface area (Å²) < 4.78 is 5.82. The molecule has 2 aromatic rings. The van der Waals surface area contributed by atoms with E-state index in [1.54, 1.807) is 0 Å². The first-order valence-corrected chi connectivity index (χ1v) is 9.31. The molecule has 1 atom stereocenters. The molecule has 1 saturated heterocycles. The summed E-state index contributed by atoms with van der Waals surface area (Å²) in [4.78, 5) is 14.6. The molecule has 1 N–H and O–H groups in total. The van der Waals surface area contributed by atoms with Crippen LogP contribution in [-0.2, 0) is 22.5 Å². The zero-order chi connectivity index (χ0) is 18.4. The number of amides is 1. The lowest BCUT2D eigenvalue weighted by Crippen LogP contribution is -2.47. The van der Waals surface area contributed by atoms with Gasteiger partial charge in [0.1, 0.15) is 0 Å². The van der Waals surface area contributed by atoms with Gasteiger partial charge in [-0.2, -0.15) is 0 Å². The highest BCUT2D eigenvalue weighted by atomic mass is 16.5. The molecule has 0 spiro atoms. The zero-order valence-corrected chi connectivity index (χ0v) is 15.7. The lowest BCUT2D eigenvalue weighted by atomic mass is 10.0. The minimum absolute atomic E-state index is 0.0520. The van der Waals surface area contributed by atoms with E-state index in [4.69, 9.17) is 4.74 Å². The van der Waals surface area contributed by atoms with Crippen molar-refractivity contribution in [1.82, 2.24) is 10.2 Å². The summed E-state index contributed by atoms with van der Waals surface area (Å²) >= 11 is 0. The van der Waals surface area contributed by atoms with E-state index in [-0.39, 0.29) is 12.0 Å². The predicted molar refractivity (Wildman–Crippen MR) is 104 cm³/mol. The van der Waals surface area contributed by atoms with Gasteiger partial charge in [0, 0.05) is 26.2 Å². The van der Waals surface area contributed by atoms with Crippen LogP contribution in [-0.4, -0.2) is 43.2 Å². The van der Waals surface area contributed by atoms with Crippen LogP contribution in [0.2, 0.25) is 0 Å². The van der Waals surface area contributed by atoms with Crippen molar-refractivity contribution in [1.29, 1.82) is 0 Å². The maximum atomic E-state index is 12.2. The van der Waals surface area contributed by atoms with Gasteiger partial charge >= 0.3 is 0 Å². The standard InChI is InChI=1S/C22H28N2O2/c1-17-8-9-20(12-18(17)2)13-22(25)23-14-21-16-24(10-11-26-21)15-19-6-4-3-5-7-19/h3-9,12,21H,10-11,13-16H2,1-2H3,(H,23,25)/t21-/m0/s1. The summed E-state index contributed by atoms with van der Waals surface area (Å²) in [5.41, 5.74) is 4.85. The Hall–Kier alpha value is -2.17. The Labute approximate surface area is 156 Å². The fraction of sp³-hybridized carbons (Fsp3) is 0.409. The monoisotopic (exact) mass is 352 g/mol. The minimum Gasteiger partial charge on any atom is -0.374 e. The Bertz CT molecular complexity index is 730. The molecule has 4 nitrogen and oxygen atoms in total. The average molecular weight is 352 g/mol. The highest BCUT2D eigenvalue weighted by Gasteiger charge is 2.21. The Morgan fingerprint density at radius 3 is 2.69 bits per heavy atom. The molecule has 0 bridgehead atoms. The van der Waals surface area contributed by atoms with Crippen molar-refractivity contribution in [2.24, 2.45) is 0 Å². The van der Waals surface area contributed by atoms with Crippen LogP contribution in [0.3, 0.4) is 0 Å². The van der Waals surface area contributed by atoms with Gasteiger partial charge in [-0.1, -0.05) is 48.5 Å². The molecule has 1 fully saturated rings. The largest absolute Gasteiger partial charge is 0.374 e. The molecule has 4 heteroatoms. The van der Waals surface area contributed by atoms with Crippen LogP contribution >= 0.6 is 0 Å². The fourth-order valence-electron chi connectivity index (χ4n) is 3.28. The molecule has 138 valence electrons. The van der Waals surface area contributed by atoms with E-state index in [2.05, 4.69) is 60.5 Å². The Morgan fingerprint density at radius 2 is 1.92 bits per heavy atom. The van der Waals surface area contributed by atoms with E-state index in [9.17, 15) is 4.79 Å². The zero-order valence-electron chi connectivity index (χ0n) is 15.7. The Kier molecular flexibility index (Phi) is 6.42. The summed E-state index contributed by atoms with van der Waals surface area (Å²) in [5.74, 6) is 0.0528. The molecule has 0 aromatic heterocycles. The number of aryl methyl sites for hydroxylation is 2. The van der Waals surface area contributed by atoms with Gasteiger partial charge < -0.3 is 10.1 Å². The van der Waals surface area contributed by atoms with Gasteiger partial charge in [0.15, 0.2) is 0 Å². The summed E-state index contributed by atoms with van der Waals surface area (Å²) in [5, 5.41) is 3.03. The number of benzene rings is 2. The Morgan fingerprint density at radius 1 is 1.12 bits per heavy atom. The molecule has 1 amide bonds. The van der Waals surface area contributed by atoms with Crippen molar-refractivity contribution in [2.45, 2.75) is 32.9 Å². The summed E-state index contributed by atoms with van der Waals surface area (Å²) in [6, 6.07) is 16.7. The first kappa shape index (κ1) is 18.6. The van der Waals surface area contributed by atoms with Crippen LogP contribution in [0.4, 0.5) is 0 Å². The molecule has 0 unspecified atom stereocenters. The van der Waals surface area contributed by atoms with E-state index < -0.39 is 0 Å². The second-order valence-electron chi connectivity index (χ2n) is 7.11. The Balaban J connectivity index is 1.44. The first-order chi connectivity index (χ1) is 12.6. The van der Waals surface area contributed by atoms with Gasteiger partial charge in [0.25, 0.3) is 0 Å². The first-order valence-electron chi connectivity index (χ1n) is 9.31. The van der Waals surface area contributed by atoms with Crippen LogP contribution in [0, 0.1) is 13.8 Å². The molecule has 26 heavy (non-hydrogen) atoms. The van der Waals surface area contributed by atoms with Crippen LogP contribution < -0.4 is 5.32 Å². The molecule has 0 saturated carbocycles. The third kappa shape index (κ3) is 5.41. The summed E-state index contributed by atoms with van der Waals surface area (Å²) in [6.45, 7) is 8.15. The number of nitrogens with zero attached hydrogens (tertiary/aromatic N) is 1. The molecule has 1 aliphatic heterocycles. The summed E-state index contributed by atoms with van der Waals surface area (Å²) in [7, 11) is 0. The van der Waals surface area contributed by atoms with Crippen molar-refractivity contribution in [2.75, 3.05) is 26.2 Å². The van der Waals surface area contributed by atoms with E-state index in [0.717, 1.165) is 25.2 Å². The van der Waals surface area contributed by atoms with E-state index in [1.807, 2.05) is 12.1 Å². The van der Waals surface area contributed by atoms with E-state index >= 15 is 0 Å². The second-order valence-corrected chi connectivity index (χ2v) is 7.11. The average Bonchev–Trinajstić information content (AvgIpc) is 2.64. The molecule has 1 heterocycles. The van der Waals surface area contributed by atoms with Gasteiger partial charge in [0.2, 0.25) is 5.91 Å². The number of ether oxygens (including phenoxy) is 1. The summed E-state index contributed by atoms with van der Waals surface area (Å²) in [6.07, 6.45) is 0.470. The van der Waals surface area contributed by atoms with Gasteiger partial charge in [0.05, 0.1) is 19.1 Å². The van der Waals surface area contributed by atoms with Crippen LogP contribution in [0.15, 0.2) is 48.5 Å². The SMILES string of the molecule is Cc1ccc(CC(=O)NC[C@H]2CN(Cc3ccccc3)CCO2)cc1C. The molecule has 1 aliphatic rings. The van der Waals surface area contributed by atoms with Crippen molar-refractivity contribution in [3.8, 4) is 0 Å². The second kappa shape index (κ2) is 8.97. The number of hydrogen-bond acceptors (Lipinski definition) is 3.